The Morgan fingerprint density at radius 2 is 1.05 bits per heavy atom. The van der Waals surface area contributed by atoms with Gasteiger partial charge in [-0.2, -0.15) is 0 Å². The first-order chi connectivity index (χ1) is 26.6. The van der Waals surface area contributed by atoms with E-state index in [4.69, 9.17) is 9.84 Å². The number of aliphatic carboxylic acids is 1. The van der Waals surface area contributed by atoms with Crippen LogP contribution in [0.2, 0.25) is 0 Å². The van der Waals surface area contributed by atoms with Crippen LogP contribution in [-0.2, 0) is 23.9 Å². The molecule has 0 aliphatic carbocycles. The van der Waals surface area contributed by atoms with Gasteiger partial charge >= 0.3 is 5.97 Å². The topological polar surface area (TPSA) is 186 Å². The maximum atomic E-state index is 13.9. The number of aliphatic hydroxyl groups excluding tert-OH is 3. The van der Waals surface area contributed by atoms with Crippen LogP contribution < -0.4 is 10.6 Å². The quantitative estimate of drug-likeness (QED) is 0.0359. The van der Waals surface area contributed by atoms with Gasteiger partial charge in [-0.25, -0.2) is 0 Å². The molecule has 0 spiro atoms. The Morgan fingerprint density at radius 3 is 1.49 bits per heavy atom. The van der Waals surface area contributed by atoms with E-state index in [2.05, 4.69) is 24.5 Å². The zero-order chi connectivity index (χ0) is 40.7. The fourth-order valence-electron chi connectivity index (χ4n) is 7.36. The van der Waals surface area contributed by atoms with Crippen LogP contribution >= 0.6 is 0 Å². The molecule has 1 aliphatic heterocycles. The monoisotopic (exact) mass is 784 g/mol. The molecular formula is C43H81N3O9. The number of hydrogen-bond donors (Lipinski definition) is 6. The third-order valence-electron chi connectivity index (χ3n) is 10.9. The fourth-order valence-corrected chi connectivity index (χ4v) is 7.36. The summed E-state index contributed by atoms with van der Waals surface area (Å²) < 4.78 is 6.09. The van der Waals surface area contributed by atoms with Crippen LogP contribution in [0.1, 0.15) is 201 Å². The second kappa shape index (κ2) is 32.8. The Balaban J connectivity index is 2.81. The van der Waals surface area contributed by atoms with Crippen molar-refractivity contribution in [1.29, 1.82) is 0 Å². The average Bonchev–Trinajstić information content (AvgIpc) is 3.16. The van der Waals surface area contributed by atoms with E-state index in [1.165, 1.54) is 116 Å². The van der Waals surface area contributed by atoms with Gasteiger partial charge in [-0.1, -0.05) is 162 Å². The molecule has 1 saturated heterocycles. The average molecular weight is 784 g/mol. The van der Waals surface area contributed by atoms with Crippen LogP contribution in [0.15, 0.2) is 0 Å². The number of amides is 3. The van der Waals surface area contributed by atoms with E-state index in [0.717, 1.165) is 38.5 Å². The van der Waals surface area contributed by atoms with Gasteiger partial charge in [0, 0.05) is 19.4 Å². The normalized spacial score (nSPS) is 20.2. The standard InChI is InChI=1S/C43H81N3O9/c1-4-6-8-10-12-14-16-17-18-19-20-21-23-25-27-29-37(49)46(32-28-26-24-22-15-13-11-9-7-5-2)43-39(41(53)40(52)35(33-47)55-43)45-42(54)34(3)44-36(48)30-31-38(50)51/h34-35,39-41,43,47,52-53H,4-33H2,1-3H3,(H,44,48)(H,45,54)(H,50,51)/t34-,35+,39+,40+,41+,43+/m0/s1. The predicted octanol–water partition coefficient (Wildman–Crippen LogP) is 7.29. The highest BCUT2D eigenvalue weighted by atomic mass is 16.5. The van der Waals surface area contributed by atoms with Crippen LogP contribution in [-0.4, -0.2) is 98.8 Å². The first kappa shape index (κ1) is 50.7. The van der Waals surface area contributed by atoms with Gasteiger partial charge < -0.3 is 40.7 Å². The third-order valence-corrected chi connectivity index (χ3v) is 10.9. The molecule has 1 rings (SSSR count). The summed E-state index contributed by atoms with van der Waals surface area (Å²) in [5.41, 5.74) is 0. The van der Waals surface area contributed by atoms with E-state index >= 15 is 0 Å². The second-order valence-corrected chi connectivity index (χ2v) is 15.9. The molecule has 12 heteroatoms. The van der Waals surface area contributed by atoms with E-state index in [1.807, 2.05) is 0 Å². The highest BCUT2D eigenvalue weighted by Crippen LogP contribution is 2.26. The molecule has 12 nitrogen and oxygen atoms in total. The van der Waals surface area contributed by atoms with Gasteiger partial charge in [-0.05, 0) is 19.8 Å². The van der Waals surface area contributed by atoms with E-state index < -0.39 is 61.0 Å². The van der Waals surface area contributed by atoms with Gasteiger partial charge in [-0.3, -0.25) is 19.2 Å². The molecule has 0 unspecified atom stereocenters. The lowest BCUT2D eigenvalue weighted by atomic mass is 9.94. The lowest BCUT2D eigenvalue weighted by Gasteiger charge is -2.47. The highest BCUT2D eigenvalue weighted by molar-refractivity contribution is 5.88. The van der Waals surface area contributed by atoms with Gasteiger partial charge in [0.25, 0.3) is 0 Å². The third kappa shape index (κ3) is 23.5. The van der Waals surface area contributed by atoms with Crippen molar-refractivity contribution in [2.24, 2.45) is 0 Å². The summed E-state index contributed by atoms with van der Waals surface area (Å²) in [6.07, 6.45) is 23.6. The van der Waals surface area contributed by atoms with Crippen LogP contribution in [0.5, 0.6) is 0 Å². The number of nitrogens with zero attached hydrogens (tertiary/aromatic N) is 1. The summed E-state index contributed by atoms with van der Waals surface area (Å²) in [5.74, 6) is -2.62. The number of ether oxygens (including phenoxy) is 1. The van der Waals surface area contributed by atoms with Crippen molar-refractivity contribution in [3.05, 3.63) is 0 Å². The minimum Gasteiger partial charge on any atom is -0.481 e. The molecule has 55 heavy (non-hydrogen) atoms. The molecule has 0 aromatic heterocycles. The van der Waals surface area contributed by atoms with E-state index in [9.17, 15) is 34.5 Å². The lowest BCUT2D eigenvalue weighted by molar-refractivity contribution is -0.231. The number of carboxylic acid groups (broad SMARTS) is 1. The highest BCUT2D eigenvalue weighted by Gasteiger charge is 2.48. The molecule has 3 amide bonds. The molecule has 1 fully saturated rings. The zero-order valence-electron chi connectivity index (χ0n) is 35.0. The predicted molar refractivity (Wildman–Crippen MR) is 217 cm³/mol. The number of carboxylic acids is 1. The molecule has 0 aromatic rings. The van der Waals surface area contributed by atoms with Crippen molar-refractivity contribution in [2.45, 2.75) is 237 Å². The Morgan fingerprint density at radius 1 is 0.618 bits per heavy atom. The lowest BCUT2D eigenvalue weighted by Crippen LogP contribution is -2.69. The molecule has 0 saturated carbocycles. The maximum absolute atomic E-state index is 13.9. The Hall–Kier alpha value is -2.28. The van der Waals surface area contributed by atoms with Crippen LogP contribution in [0.25, 0.3) is 0 Å². The van der Waals surface area contributed by atoms with Crippen molar-refractivity contribution in [1.82, 2.24) is 15.5 Å². The molecule has 1 heterocycles. The largest absolute Gasteiger partial charge is 0.481 e. The van der Waals surface area contributed by atoms with Gasteiger partial charge in [0.05, 0.1) is 13.0 Å². The number of nitrogens with one attached hydrogen (secondary N) is 2. The van der Waals surface area contributed by atoms with E-state index in [-0.39, 0.29) is 25.2 Å². The van der Waals surface area contributed by atoms with Crippen LogP contribution in [0.3, 0.4) is 0 Å². The number of carbonyl (C=O) groups excluding carboxylic acids is 3. The molecule has 6 atom stereocenters. The fraction of sp³-hybridized carbons (Fsp3) is 0.907. The van der Waals surface area contributed by atoms with Crippen molar-refractivity contribution in [3.8, 4) is 0 Å². The maximum Gasteiger partial charge on any atom is 0.303 e. The minimum atomic E-state index is -1.57. The van der Waals surface area contributed by atoms with Crippen molar-refractivity contribution in [3.63, 3.8) is 0 Å². The molecule has 0 radical (unpaired) electrons. The summed E-state index contributed by atoms with van der Waals surface area (Å²) in [6, 6.07) is -2.33. The first-order valence-electron chi connectivity index (χ1n) is 22.3. The summed E-state index contributed by atoms with van der Waals surface area (Å²) in [4.78, 5) is 51.8. The summed E-state index contributed by atoms with van der Waals surface area (Å²) >= 11 is 0. The summed E-state index contributed by atoms with van der Waals surface area (Å²) in [6.45, 7) is 5.62. The van der Waals surface area contributed by atoms with E-state index in [0.29, 0.717) is 19.4 Å². The van der Waals surface area contributed by atoms with Gasteiger partial charge in [0.15, 0.2) is 6.23 Å². The molecular weight excluding hydrogens is 702 g/mol. The Bertz CT molecular complexity index is 1020. The number of rotatable bonds is 35. The SMILES string of the molecule is CCCCCCCCCCCCCCCCCC(=O)N(CCCCCCCCCCCC)[C@@H]1O[C@H](CO)[C@@H](O)[C@H](O)[C@H]1NC(=O)[C@H](C)NC(=O)CCC(=O)O. The smallest absolute Gasteiger partial charge is 0.303 e. The molecule has 0 bridgehead atoms. The molecule has 1 aliphatic rings. The summed E-state index contributed by atoms with van der Waals surface area (Å²) in [5, 5.41) is 46.0. The Kier molecular flexibility index (Phi) is 30.2. The van der Waals surface area contributed by atoms with Gasteiger partial charge in [0.2, 0.25) is 17.7 Å². The van der Waals surface area contributed by atoms with Crippen molar-refractivity contribution in [2.75, 3.05) is 13.2 Å². The summed E-state index contributed by atoms with van der Waals surface area (Å²) in [7, 11) is 0. The Labute approximate surface area is 333 Å². The van der Waals surface area contributed by atoms with Crippen LogP contribution in [0, 0.1) is 0 Å². The zero-order valence-corrected chi connectivity index (χ0v) is 35.0. The number of unbranched alkanes of at least 4 members (excludes halogenated alkanes) is 23. The first-order valence-corrected chi connectivity index (χ1v) is 22.3. The minimum absolute atomic E-state index is 0.176. The van der Waals surface area contributed by atoms with Crippen molar-refractivity contribution >= 4 is 23.7 Å². The number of carbonyl (C=O) groups is 4. The van der Waals surface area contributed by atoms with Crippen molar-refractivity contribution < 1.29 is 44.3 Å². The van der Waals surface area contributed by atoms with Gasteiger partial charge in [0.1, 0.15) is 30.4 Å². The molecule has 322 valence electrons. The number of hydrogen-bond acceptors (Lipinski definition) is 8. The van der Waals surface area contributed by atoms with E-state index in [1.54, 1.807) is 4.90 Å². The molecule has 0 aromatic carbocycles. The van der Waals surface area contributed by atoms with Crippen LogP contribution in [0.4, 0.5) is 0 Å². The second-order valence-electron chi connectivity index (χ2n) is 15.9. The van der Waals surface area contributed by atoms with Gasteiger partial charge in [-0.15, -0.1) is 0 Å². The number of aliphatic hydroxyl groups is 3. The molecule has 6 N–H and O–H groups in total.